The highest BCUT2D eigenvalue weighted by Crippen LogP contribution is 2.34. The smallest absolute Gasteiger partial charge is 0.134 e. The molecular weight excluding hydrogens is 360 g/mol. The molecule has 1 fully saturated rings. The van der Waals surface area contributed by atoms with Crippen LogP contribution in [0.5, 0.6) is 0 Å². The van der Waals surface area contributed by atoms with Crippen LogP contribution in [-0.2, 0) is 13.0 Å². The van der Waals surface area contributed by atoms with Crippen LogP contribution in [0.25, 0.3) is 11.3 Å². The number of imidazole rings is 1. The van der Waals surface area contributed by atoms with Gasteiger partial charge < -0.3 is 14.0 Å². The van der Waals surface area contributed by atoms with Gasteiger partial charge in [0.15, 0.2) is 0 Å². The molecule has 0 aliphatic carbocycles. The van der Waals surface area contributed by atoms with E-state index >= 15 is 0 Å². The van der Waals surface area contributed by atoms with Crippen LogP contribution in [-0.4, -0.2) is 48.8 Å². The second-order valence-electron chi connectivity index (χ2n) is 8.27. The molecule has 1 aliphatic rings. The van der Waals surface area contributed by atoms with E-state index in [4.69, 9.17) is 4.98 Å². The third kappa shape index (κ3) is 4.27. The average Bonchev–Trinajstić information content (AvgIpc) is 3.40. The summed E-state index contributed by atoms with van der Waals surface area (Å²) in [6.07, 6.45) is 7.20. The molecule has 154 valence electrons. The summed E-state index contributed by atoms with van der Waals surface area (Å²) in [7, 11) is 0. The number of hydrogen-bond acceptors (Lipinski definition) is 4. The first kappa shape index (κ1) is 19.8. The van der Waals surface area contributed by atoms with Crippen molar-refractivity contribution in [2.75, 3.05) is 19.6 Å². The highest BCUT2D eigenvalue weighted by atomic mass is 15.3. The molecule has 0 radical (unpaired) electrons. The number of benzene rings is 1. The molecule has 0 saturated carbocycles. The van der Waals surface area contributed by atoms with Crippen LogP contribution >= 0.6 is 0 Å². The van der Waals surface area contributed by atoms with Crippen molar-refractivity contribution in [3.8, 4) is 11.3 Å². The molecule has 29 heavy (non-hydrogen) atoms. The highest BCUT2D eigenvalue weighted by Gasteiger charge is 2.27. The van der Waals surface area contributed by atoms with E-state index in [9.17, 15) is 0 Å². The predicted octanol–water partition coefficient (Wildman–Crippen LogP) is 4.16. The second-order valence-corrected chi connectivity index (χ2v) is 8.27. The molecule has 0 amide bonds. The van der Waals surface area contributed by atoms with Crippen LogP contribution in [0, 0.1) is 0 Å². The van der Waals surface area contributed by atoms with Gasteiger partial charge in [0, 0.05) is 42.7 Å². The van der Waals surface area contributed by atoms with E-state index < -0.39 is 0 Å². The maximum atomic E-state index is 4.87. The molecular formula is C23H32N6. The second kappa shape index (κ2) is 8.91. The SMILES string of the molecule is CCN1CCC[C@H](c2c(-c3ccccc3)ncn2CCc2nncn2C(C)C)C1. The summed E-state index contributed by atoms with van der Waals surface area (Å²) in [5, 5.41) is 8.48. The van der Waals surface area contributed by atoms with E-state index in [1.165, 1.54) is 30.6 Å². The van der Waals surface area contributed by atoms with E-state index in [1.807, 2.05) is 12.7 Å². The Morgan fingerprint density at radius 2 is 1.97 bits per heavy atom. The van der Waals surface area contributed by atoms with Crippen molar-refractivity contribution < 1.29 is 0 Å². The van der Waals surface area contributed by atoms with Gasteiger partial charge in [0.1, 0.15) is 12.2 Å². The van der Waals surface area contributed by atoms with Crippen molar-refractivity contribution in [1.82, 2.24) is 29.2 Å². The third-order valence-corrected chi connectivity index (χ3v) is 6.04. The number of nitrogens with zero attached hydrogens (tertiary/aromatic N) is 6. The van der Waals surface area contributed by atoms with Crippen molar-refractivity contribution >= 4 is 0 Å². The first-order valence-corrected chi connectivity index (χ1v) is 10.9. The van der Waals surface area contributed by atoms with Gasteiger partial charge in [0.05, 0.1) is 12.0 Å². The summed E-state index contributed by atoms with van der Waals surface area (Å²) in [6.45, 7) is 10.9. The number of hydrogen-bond donors (Lipinski definition) is 0. The van der Waals surface area contributed by atoms with Gasteiger partial charge in [-0.2, -0.15) is 0 Å². The van der Waals surface area contributed by atoms with Crippen molar-refractivity contribution in [3.63, 3.8) is 0 Å². The summed E-state index contributed by atoms with van der Waals surface area (Å²) < 4.78 is 4.53. The monoisotopic (exact) mass is 392 g/mol. The van der Waals surface area contributed by atoms with Crippen LogP contribution in [0.1, 0.15) is 57.1 Å². The summed E-state index contributed by atoms with van der Waals surface area (Å²) >= 11 is 0. The number of aromatic nitrogens is 5. The zero-order valence-electron chi connectivity index (χ0n) is 17.8. The molecule has 1 saturated heterocycles. The van der Waals surface area contributed by atoms with E-state index in [0.29, 0.717) is 12.0 Å². The first-order valence-electron chi connectivity index (χ1n) is 10.9. The van der Waals surface area contributed by atoms with Gasteiger partial charge in [-0.05, 0) is 39.8 Å². The van der Waals surface area contributed by atoms with Gasteiger partial charge in [-0.15, -0.1) is 10.2 Å². The number of piperidine rings is 1. The molecule has 6 heteroatoms. The van der Waals surface area contributed by atoms with Crippen molar-refractivity contribution in [1.29, 1.82) is 0 Å². The molecule has 4 rings (SSSR count). The Hall–Kier alpha value is -2.47. The summed E-state index contributed by atoms with van der Waals surface area (Å²) in [5.74, 6) is 1.56. The Morgan fingerprint density at radius 3 is 2.72 bits per heavy atom. The van der Waals surface area contributed by atoms with Crippen LogP contribution in [0.2, 0.25) is 0 Å². The molecule has 0 spiro atoms. The fraction of sp³-hybridized carbons (Fsp3) is 0.522. The fourth-order valence-corrected chi connectivity index (χ4v) is 4.48. The zero-order chi connectivity index (χ0) is 20.2. The van der Waals surface area contributed by atoms with Crippen LogP contribution < -0.4 is 0 Å². The molecule has 1 aromatic carbocycles. The van der Waals surface area contributed by atoms with Crippen LogP contribution in [0.3, 0.4) is 0 Å². The number of likely N-dealkylation sites (tertiary alicyclic amines) is 1. The Morgan fingerprint density at radius 1 is 1.14 bits per heavy atom. The van der Waals surface area contributed by atoms with Gasteiger partial charge in [-0.3, -0.25) is 0 Å². The first-order chi connectivity index (χ1) is 14.2. The summed E-state index contributed by atoms with van der Waals surface area (Å²) in [4.78, 5) is 7.44. The standard InChI is InChI=1S/C23H32N6/c1-4-27-13-8-11-20(15-27)23-22(19-9-6-5-7-10-19)24-16-28(23)14-12-21-26-25-17-29(21)18(2)3/h5-7,9-10,16-18,20H,4,8,11-15H2,1-3H3/t20-/m0/s1. The topological polar surface area (TPSA) is 51.8 Å². The van der Waals surface area contributed by atoms with Gasteiger partial charge >= 0.3 is 0 Å². The molecule has 3 aromatic rings. The number of likely N-dealkylation sites (N-methyl/N-ethyl adjacent to an activating group) is 1. The molecule has 2 aromatic heterocycles. The predicted molar refractivity (Wildman–Crippen MR) is 116 cm³/mol. The minimum Gasteiger partial charge on any atom is -0.333 e. The van der Waals surface area contributed by atoms with E-state index in [0.717, 1.165) is 37.6 Å². The minimum atomic E-state index is 0.374. The lowest BCUT2D eigenvalue weighted by Gasteiger charge is -2.33. The third-order valence-electron chi connectivity index (χ3n) is 6.04. The lowest BCUT2D eigenvalue weighted by atomic mass is 9.91. The molecule has 1 aliphatic heterocycles. The largest absolute Gasteiger partial charge is 0.333 e. The molecule has 3 heterocycles. The maximum Gasteiger partial charge on any atom is 0.134 e. The number of aryl methyl sites for hydroxylation is 2. The van der Waals surface area contributed by atoms with Crippen molar-refractivity contribution in [2.45, 2.75) is 58.5 Å². The van der Waals surface area contributed by atoms with E-state index in [-0.39, 0.29) is 0 Å². The molecule has 0 bridgehead atoms. The lowest BCUT2D eigenvalue weighted by Crippen LogP contribution is -2.35. The molecule has 0 unspecified atom stereocenters. The van der Waals surface area contributed by atoms with E-state index in [1.54, 1.807) is 0 Å². The molecule has 1 atom stereocenters. The average molecular weight is 393 g/mol. The van der Waals surface area contributed by atoms with Gasteiger partial charge in [0.2, 0.25) is 0 Å². The van der Waals surface area contributed by atoms with Gasteiger partial charge in [0.25, 0.3) is 0 Å². The normalized spacial score (nSPS) is 17.9. The van der Waals surface area contributed by atoms with Gasteiger partial charge in [-0.25, -0.2) is 4.98 Å². The highest BCUT2D eigenvalue weighted by molar-refractivity contribution is 5.62. The molecule has 0 N–H and O–H groups in total. The lowest BCUT2D eigenvalue weighted by molar-refractivity contribution is 0.214. The Kier molecular flexibility index (Phi) is 6.09. The maximum absolute atomic E-state index is 4.87. The summed E-state index contributed by atoms with van der Waals surface area (Å²) in [5.41, 5.74) is 3.73. The van der Waals surface area contributed by atoms with Crippen LogP contribution in [0.4, 0.5) is 0 Å². The van der Waals surface area contributed by atoms with Gasteiger partial charge in [-0.1, -0.05) is 37.3 Å². The van der Waals surface area contributed by atoms with E-state index in [2.05, 4.69) is 75.3 Å². The fourth-order valence-electron chi connectivity index (χ4n) is 4.48. The quantitative estimate of drug-likeness (QED) is 0.606. The zero-order valence-corrected chi connectivity index (χ0v) is 17.8. The Labute approximate surface area is 173 Å². The van der Waals surface area contributed by atoms with Crippen LogP contribution in [0.15, 0.2) is 43.0 Å². The minimum absolute atomic E-state index is 0.374. The van der Waals surface area contributed by atoms with Crippen molar-refractivity contribution in [2.24, 2.45) is 0 Å². The molecule has 6 nitrogen and oxygen atoms in total. The Bertz CT molecular complexity index is 911. The summed E-state index contributed by atoms with van der Waals surface area (Å²) in [6, 6.07) is 11.0. The Balaban J connectivity index is 1.64. The van der Waals surface area contributed by atoms with Crippen molar-refractivity contribution in [3.05, 3.63) is 54.5 Å². The number of rotatable bonds is 7.